The number of hydrogen-bond donors (Lipinski definition) is 2. The average molecular weight is 280 g/mol. The van der Waals surface area contributed by atoms with E-state index in [0.29, 0.717) is 19.2 Å². The van der Waals surface area contributed by atoms with Gasteiger partial charge in [-0.05, 0) is 52.5 Å². The van der Waals surface area contributed by atoms with Gasteiger partial charge in [0.05, 0.1) is 0 Å². The average Bonchev–Trinajstić information content (AvgIpc) is 2.45. The molecule has 0 saturated carbocycles. The first kappa shape index (κ1) is 17.0. The predicted octanol–water partition coefficient (Wildman–Crippen LogP) is 1.75. The van der Waals surface area contributed by atoms with Crippen molar-refractivity contribution in [2.45, 2.75) is 32.4 Å². The number of aliphatic hydroxyl groups excluding tert-OH is 1. The number of aliphatic hydroxyl groups is 1. The first-order chi connectivity index (χ1) is 9.59. The fourth-order valence-electron chi connectivity index (χ4n) is 1.75. The lowest BCUT2D eigenvalue weighted by Crippen LogP contribution is -2.34. The van der Waals surface area contributed by atoms with Crippen molar-refractivity contribution in [2.75, 3.05) is 33.3 Å². The molecule has 1 rings (SSSR count). The van der Waals surface area contributed by atoms with Crippen molar-refractivity contribution in [2.24, 2.45) is 0 Å². The summed E-state index contributed by atoms with van der Waals surface area (Å²) in [6.45, 7) is 7.26. The van der Waals surface area contributed by atoms with Crippen molar-refractivity contribution in [1.29, 1.82) is 0 Å². The topological polar surface area (TPSA) is 44.7 Å². The van der Waals surface area contributed by atoms with Gasteiger partial charge in [-0.2, -0.15) is 0 Å². The van der Waals surface area contributed by atoms with Crippen LogP contribution in [0.2, 0.25) is 0 Å². The van der Waals surface area contributed by atoms with Crippen LogP contribution < -0.4 is 10.1 Å². The monoisotopic (exact) mass is 280 g/mol. The number of ether oxygens (including phenoxy) is 1. The Kier molecular flexibility index (Phi) is 8.26. The molecule has 1 aromatic carbocycles. The van der Waals surface area contributed by atoms with Gasteiger partial charge in [0.25, 0.3) is 0 Å². The summed E-state index contributed by atoms with van der Waals surface area (Å²) in [5.74, 6) is 0.796. The molecule has 1 atom stereocenters. The Morgan fingerprint density at radius 2 is 1.95 bits per heavy atom. The molecule has 0 heterocycles. The van der Waals surface area contributed by atoms with Crippen molar-refractivity contribution < 1.29 is 9.84 Å². The molecule has 0 fully saturated rings. The summed E-state index contributed by atoms with van der Waals surface area (Å²) < 4.78 is 5.50. The normalized spacial score (nSPS) is 12.9. The molecule has 4 heteroatoms. The van der Waals surface area contributed by atoms with Crippen LogP contribution in [-0.2, 0) is 0 Å². The number of benzene rings is 1. The minimum Gasteiger partial charge on any atom is -0.491 e. The van der Waals surface area contributed by atoms with Gasteiger partial charge in [-0.1, -0.05) is 18.2 Å². The van der Waals surface area contributed by atoms with Crippen LogP contribution in [0.3, 0.4) is 0 Å². The minimum atomic E-state index is -0.474. The Balaban J connectivity index is 2.02. The Bertz CT molecular complexity index is 344. The quantitative estimate of drug-likeness (QED) is 0.641. The summed E-state index contributed by atoms with van der Waals surface area (Å²) in [4.78, 5) is 2.32. The summed E-state index contributed by atoms with van der Waals surface area (Å²) in [6, 6.07) is 10.2. The van der Waals surface area contributed by atoms with E-state index in [0.717, 1.165) is 25.3 Å². The van der Waals surface area contributed by atoms with Gasteiger partial charge in [-0.15, -0.1) is 0 Å². The Hall–Kier alpha value is -1.10. The second-order valence-corrected chi connectivity index (χ2v) is 5.41. The third-order valence-corrected chi connectivity index (χ3v) is 3.31. The Morgan fingerprint density at radius 3 is 2.60 bits per heavy atom. The largest absolute Gasteiger partial charge is 0.491 e. The van der Waals surface area contributed by atoms with Gasteiger partial charge in [0.15, 0.2) is 0 Å². The lowest BCUT2D eigenvalue weighted by molar-refractivity contribution is 0.106. The zero-order chi connectivity index (χ0) is 14.8. The maximum atomic E-state index is 9.81. The van der Waals surface area contributed by atoms with Crippen LogP contribution in [0.4, 0.5) is 0 Å². The van der Waals surface area contributed by atoms with Gasteiger partial charge in [0.1, 0.15) is 18.5 Å². The first-order valence-corrected chi connectivity index (χ1v) is 7.36. The molecule has 1 unspecified atom stereocenters. The lowest BCUT2D eigenvalue weighted by Gasteiger charge is -2.21. The molecule has 0 spiro atoms. The summed E-state index contributed by atoms with van der Waals surface area (Å²) in [7, 11) is 2.13. The molecule has 20 heavy (non-hydrogen) atoms. The van der Waals surface area contributed by atoms with Crippen LogP contribution in [0.5, 0.6) is 5.75 Å². The van der Waals surface area contributed by atoms with E-state index in [1.807, 2.05) is 30.3 Å². The molecule has 2 N–H and O–H groups in total. The summed E-state index contributed by atoms with van der Waals surface area (Å²) in [5, 5.41) is 13.1. The van der Waals surface area contributed by atoms with Gasteiger partial charge in [-0.25, -0.2) is 0 Å². The summed E-state index contributed by atoms with van der Waals surface area (Å²) in [6.07, 6.45) is 0.610. The van der Waals surface area contributed by atoms with Crippen molar-refractivity contribution in [3.05, 3.63) is 30.3 Å². The lowest BCUT2D eigenvalue weighted by atomic mass is 10.3. The van der Waals surface area contributed by atoms with E-state index in [1.54, 1.807) is 0 Å². The van der Waals surface area contributed by atoms with Gasteiger partial charge in [0, 0.05) is 12.6 Å². The molecule has 0 aromatic heterocycles. The zero-order valence-corrected chi connectivity index (χ0v) is 12.9. The number of nitrogens with one attached hydrogen (secondary N) is 1. The Labute approximate surface area is 122 Å². The fourth-order valence-corrected chi connectivity index (χ4v) is 1.75. The van der Waals surface area contributed by atoms with E-state index in [-0.39, 0.29) is 0 Å². The van der Waals surface area contributed by atoms with Crippen molar-refractivity contribution in [3.8, 4) is 5.75 Å². The predicted molar refractivity (Wildman–Crippen MR) is 83.2 cm³/mol. The van der Waals surface area contributed by atoms with Gasteiger partial charge >= 0.3 is 0 Å². The number of rotatable bonds is 10. The Morgan fingerprint density at radius 1 is 1.25 bits per heavy atom. The molecule has 1 aromatic rings. The van der Waals surface area contributed by atoms with E-state index < -0.39 is 6.10 Å². The van der Waals surface area contributed by atoms with Gasteiger partial charge in [0.2, 0.25) is 0 Å². The van der Waals surface area contributed by atoms with Crippen LogP contribution in [0.15, 0.2) is 30.3 Å². The molecule has 0 aliphatic rings. The molecular weight excluding hydrogens is 252 g/mol. The molecular formula is C16H28N2O2. The highest BCUT2D eigenvalue weighted by Crippen LogP contribution is 2.08. The standard InChI is InChI=1S/C16H28N2O2/c1-14(2)18(3)11-7-10-17-12-15(19)13-20-16-8-5-4-6-9-16/h4-6,8-9,14-15,17,19H,7,10-13H2,1-3H3. The van der Waals surface area contributed by atoms with Crippen molar-refractivity contribution >= 4 is 0 Å². The van der Waals surface area contributed by atoms with Crippen LogP contribution in [0, 0.1) is 0 Å². The molecule has 0 saturated heterocycles. The summed E-state index contributed by atoms with van der Waals surface area (Å²) in [5.41, 5.74) is 0. The third-order valence-electron chi connectivity index (χ3n) is 3.31. The second kappa shape index (κ2) is 9.75. The molecule has 0 aliphatic heterocycles. The van der Waals surface area contributed by atoms with E-state index in [1.165, 1.54) is 0 Å². The van der Waals surface area contributed by atoms with E-state index >= 15 is 0 Å². The minimum absolute atomic E-state index is 0.322. The van der Waals surface area contributed by atoms with Crippen LogP contribution in [0.25, 0.3) is 0 Å². The molecule has 0 radical (unpaired) electrons. The second-order valence-electron chi connectivity index (χ2n) is 5.41. The third kappa shape index (κ3) is 7.48. The van der Waals surface area contributed by atoms with Crippen LogP contribution >= 0.6 is 0 Å². The molecule has 0 amide bonds. The van der Waals surface area contributed by atoms with Gasteiger partial charge in [-0.3, -0.25) is 0 Å². The SMILES string of the molecule is CC(C)N(C)CCCNCC(O)COc1ccccc1. The number of nitrogens with zero attached hydrogens (tertiary/aromatic N) is 1. The van der Waals surface area contributed by atoms with E-state index in [4.69, 9.17) is 4.74 Å². The molecule has 4 nitrogen and oxygen atoms in total. The number of para-hydroxylation sites is 1. The smallest absolute Gasteiger partial charge is 0.119 e. The van der Waals surface area contributed by atoms with Crippen LogP contribution in [0.1, 0.15) is 20.3 Å². The molecule has 0 bridgehead atoms. The molecule has 0 aliphatic carbocycles. The fraction of sp³-hybridized carbons (Fsp3) is 0.625. The van der Waals surface area contributed by atoms with E-state index in [2.05, 4.69) is 31.1 Å². The van der Waals surface area contributed by atoms with Gasteiger partial charge < -0.3 is 20.1 Å². The van der Waals surface area contributed by atoms with Crippen molar-refractivity contribution in [3.63, 3.8) is 0 Å². The maximum absolute atomic E-state index is 9.81. The van der Waals surface area contributed by atoms with Crippen LogP contribution in [-0.4, -0.2) is 55.4 Å². The number of hydrogen-bond acceptors (Lipinski definition) is 4. The van der Waals surface area contributed by atoms with Crippen molar-refractivity contribution in [1.82, 2.24) is 10.2 Å². The maximum Gasteiger partial charge on any atom is 0.119 e. The summed E-state index contributed by atoms with van der Waals surface area (Å²) >= 11 is 0. The zero-order valence-electron chi connectivity index (χ0n) is 12.9. The highest BCUT2D eigenvalue weighted by molar-refractivity contribution is 5.20. The molecule has 114 valence electrons. The van der Waals surface area contributed by atoms with E-state index in [9.17, 15) is 5.11 Å². The highest BCUT2D eigenvalue weighted by Gasteiger charge is 2.05. The first-order valence-electron chi connectivity index (χ1n) is 7.36. The highest BCUT2D eigenvalue weighted by atomic mass is 16.5.